The maximum Gasteiger partial charge on any atom is 0.414 e. The third-order valence-corrected chi connectivity index (χ3v) is 5.99. The molecule has 3 amide bonds. The number of carbonyl (C=O) groups excluding carboxylic acids is 3. The van der Waals surface area contributed by atoms with E-state index in [1.54, 1.807) is 12.1 Å². The summed E-state index contributed by atoms with van der Waals surface area (Å²) < 4.78 is 20.1. The summed E-state index contributed by atoms with van der Waals surface area (Å²) in [6.45, 7) is 4.52. The van der Waals surface area contributed by atoms with Crippen LogP contribution in [0.25, 0.3) is 5.57 Å². The van der Waals surface area contributed by atoms with Crippen molar-refractivity contribution in [1.29, 1.82) is 0 Å². The normalized spacial score (nSPS) is 23.5. The average Bonchev–Trinajstić information content (AvgIpc) is 3.42. The number of rotatable bonds is 5. The van der Waals surface area contributed by atoms with Crippen LogP contribution in [0.15, 0.2) is 24.3 Å². The summed E-state index contributed by atoms with van der Waals surface area (Å²) in [6, 6.07) is 4.70. The van der Waals surface area contributed by atoms with Crippen molar-refractivity contribution in [3.8, 4) is 0 Å². The maximum absolute atomic E-state index is 14.9. The van der Waals surface area contributed by atoms with Crippen LogP contribution >= 0.6 is 0 Å². The van der Waals surface area contributed by atoms with Crippen LogP contribution in [0.5, 0.6) is 0 Å². The Balaban J connectivity index is 1.40. The van der Waals surface area contributed by atoms with Crippen molar-refractivity contribution >= 4 is 29.2 Å². The number of hydrogen-bond acceptors (Lipinski definition) is 5. The Hall–Kier alpha value is -2.94. The number of hydrogen-bond donors (Lipinski definition) is 2. The Morgan fingerprint density at radius 3 is 2.84 bits per heavy atom. The summed E-state index contributed by atoms with van der Waals surface area (Å²) in [5, 5.41) is 5.83. The van der Waals surface area contributed by atoms with Gasteiger partial charge in [-0.2, -0.15) is 0 Å². The van der Waals surface area contributed by atoms with E-state index in [1.807, 2.05) is 11.0 Å². The fourth-order valence-corrected chi connectivity index (χ4v) is 4.27. The lowest BCUT2D eigenvalue weighted by atomic mass is 9.97. The number of nitrogens with one attached hydrogen (secondary N) is 2. The van der Waals surface area contributed by atoms with Gasteiger partial charge in [-0.25, -0.2) is 9.18 Å². The second-order valence-corrected chi connectivity index (χ2v) is 8.17. The van der Waals surface area contributed by atoms with Crippen molar-refractivity contribution in [2.75, 3.05) is 44.2 Å². The van der Waals surface area contributed by atoms with Gasteiger partial charge in [0.2, 0.25) is 11.8 Å². The highest BCUT2D eigenvalue weighted by atomic mass is 19.1. The first kappa shape index (κ1) is 21.3. The molecule has 3 aliphatic heterocycles. The van der Waals surface area contributed by atoms with Crippen LogP contribution in [-0.4, -0.2) is 68.2 Å². The van der Waals surface area contributed by atoms with E-state index in [9.17, 15) is 18.8 Å². The summed E-state index contributed by atoms with van der Waals surface area (Å²) in [6.07, 6.45) is 2.34. The smallest absolute Gasteiger partial charge is 0.414 e. The Morgan fingerprint density at radius 1 is 1.35 bits per heavy atom. The molecule has 4 rings (SSSR count). The summed E-state index contributed by atoms with van der Waals surface area (Å²) in [5.74, 6) is -0.411. The van der Waals surface area contributed by atoms with Crippen molar-refractivity contribution in [2.45, 2.75) is 25.9 Å². The molecule has 0 saturated carbocycles. The minimum atomic E-state index is -0.560. The lowest BCUT2D eigenvalue weighted by Crippen LogP contribution is -2.39. The zero-order valence-electron chi connectivity index (χ0n) is 17.5. The van der Waals surface area contributed by atoms with E-state index in [4.69, 9.17) is 4.74 Å². The Kier molecular flexibility index (Phi) is 6.22. The van der Waals surface area contributed by atoms with Crippen LogP contribution in [0, 0.1) is 11.7 Å². The van der Waals surface area contributed by atoms with E-state index in [0.29, 0.717) is 30.8 Å². The molecule has 0 bridgehead atoms. The van der Waals surface area contributed by atoms with E-state index in [1.165, 1.54) is 17.9 Å². The van der Waals surface area contributed by atoms with Gasteiger partial charge >= 0.3 is 6.09 Å². The molecule has 166 valence electrons. The zero-order valence-corrected chi connectivity index (χ0v) is 17.5. The summed E-state index contributed by atoms with van der Waals surface area (Å²) in [5.41, 5.74) is 1.77. The van der Waals surface area contributed by atoms with Gasteiger partial charge in [0.25, 0.3) is 0 Å². The molecule has 9 heteroatoms. The van der Waals surface area contributed by atoms with E-state index >= 15 is 0 Å². The molecule has 0 spiro atoms. The third kappa shape index (κ3) is 4.71. The minimum Gasteiger partial charge on any atom is -0.442 e. The molecular formula is C22H27FN4O4. The van der Waals surface area contributed by atoms with Crippen molar-refractivity contribution in [1.82, 2.24) is 15.5 Å². The molecule has 0 unspecified atom stereocenters. The number of nitrogens with zero attached hydrogens (tertiary/aromatic N) is 2. The molecule has 2 saturated heterocycles. The van der Waals surface area contributed by atoms with E-state index in [2.05, 4.69) is 10.6 Å². The summed E-state index contributed by atoms with van der Waals surface area (Å²) in [7, 11) is 0. The number of cyclic esters (lactones) is 1. The van der Waals surface area contributed by atoms with E-state index in [0.717, 1.165) is 25.1 Å². The Bertz CT molecular complexity index is 913. The van der Waals surface area contributed by atoms with Gasteiger partial charge in [-0.3, -0.25) is 14.5 Å². The van der Waals surface area contributed by atoms with Crippen molar-refractivity contribution in [2.24, 2.45) is 5.92 Å². The standard InChI is InChI=1S/C22H27FN4O4/c1-14(28)25-12-18-13-27(22(30)31-18)17-2-3-19(20(23)10-17)15-5-8-26(9-6-15)21(29)16-4-7-24-11-16/h2-3,5,10,16,18,24H,4,6-9,11-13H2,1H3,(H,25,28)/t16-,18-/m0/s1. The molecular weight excluding hydrogens is 403 g/mol. The molecule has 0 aliphatic carbocycles. The second-order valence-electron chi connectivity index (χ2n) is 8.17. The number of benzene rings is 1. The van der Waals surface area contributed by atoms with Crippen molar-refractivity contribution in [3.63, 3.8) is 0 Å². The van der Waals surface area contributed by atoms with Crippen molar-refractivity contribution in [3.05, 3.63) is 35.7 Å². The average molecular weight is 430 g/mol. The monoisotopic (exact) mass is 430 g/mol. The van der Waals surface area contributed by atoms with Gasteiger partial charge in [0.15, 0.2) is 0 Å². The maximum atomic E-state index is 14.9. The van der Waals surface area contributed by atoms with Crippen LogP contribution < -0.4 is 15.5 Å². The molecule has 1 aromatic carbocycles. The lowest BCUT2D eigenvalue weighted by molar-refractivity contribution is -0.134. The Morgan fingerprint density at radius 2 is 2.19 bits per heavy atom. The van der Waals surface area contributed by atoms with E-state index in [-0.39, 0.29) is 30.8 Å². The molecule has 31 heavy (non-hydrogen) atoms. The quantitative estimate of drug-likeness (QED) is 0.739. The Labute approximate surface area is 180 Å². The SMILES string of the molecule is CC(=O)NC[C@H]1CN(c2ccc(C3=CCN(C(=O)[C@H]4CCNC4)CC3)c(F)c2)C(=O)O1. The summed E-state index contributed by atoms with van der Waals surface area (Å²) >= 11 is 0. The number of carbonyl (C=O) groups is 3. The molecule has 2 N–H and O–H groups in total. The van der Waals surface area contributed by atoms with Gasteiger partial charge in [0.05, 0.1) is 24.7 Å². The zero-order chi connectivity index (χ0) is 22.0. The first-order valence-electron chi connectivity index (χ1n) is 10.6. The van der Waals surface area contributed by atoms with Gasteiger partial charge in [0.1, 0.15) is 11.9 Å². The highest BCUT2D eigenvalue weighted by Gasteiger charge is 2.33. The molecule has 0 radical (unpaired) electrons. The van der Waals surface area contributed by atoms with Gasteiger partial charge < -0.3 is 20.3 Å². The molecule has 3 aliphatic rings. The minimum absolute atomic E-state index is 0.0423. The molecule has 2 fully saturated rings. The van der Waals surface area contributed by atoms with Gasteiger partial charge in [-0.1, -0.05) is 6.08 Å². The number of anilines is 1. The predicted molar refractivity (Wildman–Crippen MR) is 113 cm³/mol. The topological polar surface area (TPSA) is 91.0 Å². The summed E-state index contributed by atoms with van der Waals surface area (Å²) in [4.78, 5) is 39.0. The van der Waals surface area contributed by atoms with Gasteiger partial charge in [-0.15, -0.1) is 0 Å². The predicted octanol–water partition coefficient (Wildman–Crippen LogP) is 1.51. The van der Waals surface area contributed by atoms with Crippen LogP contribution in [0.4, 0.5) is 14.9 Å². The first-order chi connectivity index (χ1) is 14.9. The molecule has 3 heterocycles. The second kappa shape index (κ2) is 9.05. The first-order valence-corrected chi connectivity index (χ1v) is 10.6. The lowest BCUT2D eigenvalue weighted by Gasteiger charge is -2.29. The number of amides is 3. The molecule has 2 atom stereocenters. The number of ether oxygens (including phenoxy) is 1. The number of halogens is 1. The fourth-order valence-electron chi connectivity index (χ4n) is 4.27. The van der Waals surface area contributed by atoms with Crippen LogP contribution in [0.2, 0.25) is 0 Å². The van der Waals surface area contributed by atoms with Crippen LogP contribution in [0.3, 0.4) is 0 Å². The van der Waals surface area contributed by atoms with Crippen LogP contribution in [0.1, 0.15) is 25.3 Å². The van der Waals surface area contributed by atoms with Crippen molar-refractivity contribution < 1.29 is 23.5 Å². The molecule has 8 nitrogen and oxygen atoms in total. The fraction of sp³-hybridized carbons (Fsp3) is 0.500. The van der Waals surface area contributed by atoms with Gasteiger partial charge in [0, 0.05) is 32.1 Å². The molecule has 0 aromatic heterocycles. The van der Waals surface area contributed by atoms with Gasteiger partial charge in [-0.05, 0) is 43.2 Å². The molecule has 1 aromatic rings. The highest BCUT2D eigenvalue weighted by Crippen LogP contribution is 2.30. The van der Waals surface area contributed by atoms with E-state index < -0.39 is 18.0 Å². The highest BCUT2D eigenvalue weighted by molar-refractivity contribution is 5.90. The van der Waals surface area contributed by atoms with Crippen LogP contribution in [-0.2, 0) is 14.3 Å². The third-order valence-electron chi connectivity index (χ3n) is 5.99. The largest absolute Gasteiger partial charge is 0.442 e.